The largest absolute Gasteiger partial charge is 0.460 e. The number of aliphatic hydroxyl groups is 1. The predicted octanol–water partition coefficient (Wildman–Crippen LogP) is 8.16. The minimum atomic E-state index is -4.18. The number of nitrogens with two attached hydrogens (primary N) is 1. The molecule has 8 nitrogen and oxygen atoms in total. The van der Waals surface area contributed by atoms with Gasteiger partial charge in [-0.15, -0.1) is 0 Å². The Morgan fingerprint density at radius 2 is 1.45 bits per heavy atom. The summed E-state index contributed by atoms with van der Waals surface area (Å²) < 4.78 is 31.7. The van der Waals surface area contributed by atoms with Gasteiger partial charge < -0.3 is 20.1 Å². The number of aliphatic hydroxyl groups excluding tert-OH is 1. The van der Waals surface area contributed by atoms with Crippen molar-refractivity contribution in [2.45, 2.75) is 103 Å². The number of ether oxygens (including phenoxy) is 1. The summed E-state index contributed by atoms with van der Waals surface area (Å²) in [7, 11) is -4.18. The van der Waals surface area contributed by atoms with Crippen molar-refractivity contribution in [1.82, 2.24) is 5.09 Å². The summed E-state index contributed by atoms with van der Waals surface area (Å²) in [5.41, 5.74) is 8.66. The van der Waals surface area contributed by atoms with Gasteiger partial charge in [0.1, 0.15) is 18.4 Å². The lowest BCUT2D eigenvalue weighted by Gasteiger charge is -2.31. The smallest absolute Gasteiger partial charge is 0.459 e. The van der Waals surface area contributed by atoms with Crippen LogP contribution < -0.4 is 15.3 Å². The van der Waals surface area contributed by atoms with Crippen molar-refractivity contribution >= 4 is 13.7 Å². The van der Waals surface area contributed by atoms with Gasteiger partial charge in [0.2, 0.25) is 0 Å². The number of aryl methyl sites for hydroxylation is 2. The summed E-state index contributed by atoms with van der Waals surface area (Å²) in [6.07, 6.45) is 10.0. The Morgan fingerprint density at radius 3 is 2.06 bits per heavy atom. The molecule has 0 fully saturated rings. The van der Waals surface area contributed by atoms with Gasteiger partial charge >= 0.3 is 13.7 Å². The molecule has 0 aliphatic carbocycles. The highest BCUT2D eigenvalue weighted by Crippen LogP contribution is 2.46. The Morgan fingerprint density at radius 1 is 0.851 bits per heavy atom. The number of esters is 1. The van der Waals surface area contributed by atoms with E-state index in [-0.39, 0.29) is 25.7 Å². The standard InChI is InChI=1S/C38H55N2O6P/c1-4-5-6-7-8-11-16-32-21-23-33(24-22-32)25-26-38(39,29-41)30-45-47(43,46-35-19-14-10-15-20-35)40-36(27-31(2)3)37(42)44-28-34-17-12-9-13-18-34/h9-10,12-15,17-24,31,36,41H,4-8,11,16,25-30,39H2,1-3H3,(H,40,43)/t36-,38?,47?/m0/s1. The average Bonchev–Trinajstić information content (AvgIpc) is 3.08. The van der Waals surface area contributed by atoms with E-state index < -0.39 is 25.3 Å². The number of carbonyl (C=O) groups is 1. The Hall–Kier alpha value is -3.00. The van der Waals surface area contributed by atoms with Gasteiger partial charge in [-0.25, -0.2) is 4.57 Å². The van der Waals surface area contributed by atoms with Crippen molar-refractivity contribution in [3.05, 3.63) is 102 Å². The van der Waals surface area contributed by atoms with E-state index in [0.29, 0.717) is 25.0 Å². The molecule has 0 bridgehead atoms. The molecule has 0 saturated carbocycles. The van der Waals surface area contributed by atoms with Crippen LogP contribution in [0.15, 0.2) is 84.9 Å². The lowest BCUT2D eigenvalue weighted by Crippen LogP contribution is -2.49. The zero-order valence-corrected chi connectivity index (χ0v) is 29.3. The first-order valence-electron chi connectivity index (χ1n) is 17.1. The van der Waals surface area contributed by atoms with Crippen LogP contribution in [-0.4, -0.2) is 35.9 Å². The van der Waals surface area contributed by atoms with Crippen molar-refractivity contribution in [2.75, 3.05) is 13.2 Å². The maximum absolute atomic E-state index is 14.3. The third kappa shape index (κ3) is 14.8. The molecule has 0 amide bonds. The Bertz CT molecular complexity index is 1340. The molecule has 258 valence electrons. The van der Waals surface area contributed by atoms with Crippen molar-refractivity contribution < 1.29 is 28.3 Å². The van der Waals surface area contributed by atoms with Crippen molar-refractivity contribution in [1.29, 1.82) is 0 Å². The van der Waals surface area contributed by atoms with E-state index in [9.17, 15) is 14.5 Å². The second-order valence-electron chi connectivity index (χ2n) is 12.9. The molecular formula is C38H55N2O6P. The van der Waals surface area contributed by atoms with Crippen LogP contribution in [-0.2, 0) is 38.1 Å². The van der Waals surface area contributed by atoms with E-state index in [2.05, 4.69) is 36.3 Å². The third-order valence-electron chi connectivity index (χ3n) is 8.09. The van der Waals surface area contributed by atoms with Crippen LogP contribution in [0.2, 0.25) is 0 Å². The zero-order chi connectivity index (χ0) is 34.0. The van der Waals surface area contributed by atoms with E-state index in [1.807, 2.05) is 50.2 Å². The number of hydrogen-bond donors (Lipinski definition) is 3. The fourth-order valence-corrected chi connectivity index (χ4v) is 6.79. The van der Waals surface area contributed by atoms with Gasteiger partial charge in [-0.1, -0.05) is 126 Å². The number of hydrogen-bond acceptors (Lipinski definition) is 7. The van der Waals surface area contributed by atoms with E-state index in [0.717, 1.165) is 17.5 Å². The highest BCUT2D eigenvalue weighted by molar-refractivity contribution is 7.52. The zero-order valence-electron chi connectivity index (χ0n) is 28.4. The summed E-state index contributed by atoms with van der Waals surface area (Å²) in [6.45, 7) is 5.59. The summed E-state index contributed by atoms with van der Waals surface area (Å²) in [5.74, 6) is -0.189. The number of rotatable bonds is 23. The summed E-state index contributed by atoms with van der Waals surface area (Å²) in [4.78, 5) is 13.3. The van der Waals surface area contributed by atoms with Crippen LogP contribution in [0, 0.1) is 5.92 Å². The molecule has 4 N–H and O–H groups in total. The van der Waals surface area contributed by atoms with Gasteiger partial charge in [0, 0.05) is 0 Å². The molecule has 3 aromatic rings. The number of unbranched alkanes of at least 4 members (excludes halogenated alkanes) is 5. The van der Waals surface area contributed by atoms with Crippen LogP contribution in [0.25, 0.3) is 0 Å². The van der Waals surface area contributed by atoms with E-state index in [1.54, 1.807) is 24.3 Å². The lowest BCUT2D eigenvalue weighted by atomic mass is 9.93. The van der Waals surface area contributed by atoms with E-state index in [4.69, 9.17) is 19.5 Å². The summed E-state index contributed by atoms with van der Waals surface area (Å²) in [5, 5.41) is 13.2. The number of nitrogens with one attached hydrogen (secondary N) is 1. The first-order chi connectivity index (χ1) is 22.6. The normalized spacial score (nSPS) is 14.7. The molecule has 3 aromatic carbocycles. The van der Waals surface area contributed by atoms with Crippen molar-refractivity contribution in [2.24, 2.45) is 11.7 Å². The number of benzene rings is 3. The van der Waals surface area contributed by atoms with Gasteiger partial charge in [-0.2, -0.15) is 5.09 Å². The second-order valence-corrected chi connectivity index (χ2v) is 14.6. The van der Waals surface area contributed by atoms with Crippen LogP contribution in [0.1, 0.15) is 88.8 Å². The van der Waals surface area contributed by atoms with Gasteiger partial charge in [-0.3, -0.25) is 9.32 Å². The molecule has 0 aliphatic rings. The highest BCUT2D eigenvalue weighted by atomic mass is 31.2. The number of carbonyl (C=O) groups excluding carboxylic acids is 1. The SMILES string of the molecule is CCCCCCCCc1ccc(CCC(N)(CO)COP(=O)(N[C@@H](CC(C)C)C(=O)OCc2ccccc2)Oc2ccccc2)cc1. The Labute approximate surface area is 282 Å². The maximum atomic E-state index is 14.3. The summed E-state index contributed by atoms with van der Waals surface area (Å²) in [6, 6.07) is 25.5. The Kier molecular flexibility index (Phi) is 16.7. The maximum Gasteiger partial charge on any atom is 0.459 e. The minimum Gasteiger partial charge on any atom is -0.460 e. The minimum absolute atomic E-state index is 0.0742. The second kappa shape index (κ2) is 20.4. The topological polar surface area (TPSA) is 120 Å². The molecule has 0 aliphatic heterocycles. The Balaban J connectivity index is 1.64. The van der Waals surface area contributed by atoms with E-state index >= 15 is 0 Å². The molecule has 3 atom stereocenters. The molecule has 2 unspecified atom stereocenters. The van der Waals surface area contributed by atoms with Crippen LogP contribution in [0.5, 0.6) is 5.75 Å². The first kappa shape index (κ1) is 38.4. The third-order valence-corrected chi connectivity index (χ3v) is 9.64. The quantitative estimate of drug-likeness (QED) is 0.0527. The molecule has 3 rings (SSSR count). The summed E-state index contributed by atoms with van der Waals surface area (Å²) >= 11 is 0. The molecule has 0 heterocycles. The lowest BCUT2D eigenvalue weighted by molar-refractivity contribution is -0.147. The van der Waals surface area contributed by atoms with Crippen LogP contribution >= 0.6 is 7.75 Å². The van der Waals surface area contributed by atoms with Gasteiger partial charge in [0.05, 0.1) is 18.8 Å². The highest BCUT2D eigenvalue weighted by Gasteiger charge is 2.37. The molecule has 0 aromatic heterocycles. The van der Waals surface area contributed by atoms with Gasteiger partial charge in [0.25, 0.3) is 0 Å². The monoisotopic (exact) mass is 666 g/mol. The molecule has 47 heavy (non-hydrogen) atoms. The van der Waals surface area contributed by atoms with Gasteiger partial charge in [-0.05, 0) is 66.8 Å². The van der Waals surface area contributed by atoms with Crippen molar-refractivity contribution in [3.63, 3.8) is 0 Å². The molecule has 0 saturated heterocycles. The molecular weight excluding hydrogens is 611 g/mol. The fraction of sp³-hybridized carbons (Fsp3) is 0.500. The predicted molar refractivity (Wildman–Crippen MR) is 189 cm³/mol. The fourth-order valence-electron chi connectivity index (χ4n) is 5.19. The molecule has 0 spiro atoms. The van der Waals surface area contributed by atoms with Crippen molar-refractivity contribution in [3.8, 4) is 5.75 Å². The first-order valence-corrected chi connectivity index (χ1v) is 18.6. The van der Waals surface area contributed by atoms with E-state index in [1.165, 1.54) is 44.1 Å². The average molecular weight is 667 g/mol. The number of para-hydroxylation sites is 1. The van der Waals surface area contributed by atoms with Crippen LogP contribution in [0.3, 0.4) is 0 Å². The molecule has 9 heteroatoms. The molecule has 0 radical (unpaired) electrons. The van der Waals surface area contributed by atoms with Crippen LogP contribution in [0.4, 0.5) is 0 Å². The van der Waals surface area contributed by atoms with Gasteiger partial charge in [0.15, 0.2) is 0 Å².